The molecule has 0 radical (unpaired) electrons. The van der Waals surface area contributed by atoms with Gasteiger partial charge in [0.25, 0.3) is 0 Å². The molecular weight excluding hydrogens is 142 g/mol. The Bertz CT molecular complexity index is 194. The van der Waals surface area contributed by atoms with Gasteiger partial charge in [0.05, 0.1) is 25.4 Å². The molecule has 3 aliphatic rings. The van der Waals surface area contributed by atoms with E-state index < -0.39 is 0 Å². The Kier molecular flexibility index (Phi) is 1.09. The second-order valence-corrected chi connectivity index (χ2v) is 3.40. The average molecular weight is 153 g/mol. The van der Waals surface area contributed by atoms with Crippen LogP contribution in [0.1, 0.15) is 12.8 Å². The molecule has 0 aromatic heterocycles. The van der Waals surface area contributed by atoms with Crippen LogP contribution in [0.2, 0.25) is 0 Å². The summed E-state index contributed by atoms with van der Waals surface area (Å²) in [5, 5.41) is 3.28. The van der Waals surface area contributed by atoms with Crippen molar-refractivity contribution in [3.8, 4) is 0 Å². The Morgan fingerprint density at radius 3 is 1.91 bits per heavy atom. The summed E-state index contributed by atoms with van der Waals surface area (Å²) in [5.74, 6) is 0. The van der Waals surface area contributed by atoms with Gasteiger partial charge in [-0.05, 0) is 0 Å². The molecule has 0 aromatic rings. The van der Waals surface area contributed by atoms with Gasteiger partial charge in [0.15, 0.2) is 0 Å². The maximum atomic E-state index is 5.12. The van der Waals surface area contributed by atoms with Crippen molar-refractivity contribution < 1.29 is 9.47 Å². The summed E-state index contributed by atoms with van der Waals surface area (Å²) in [5.41, 5.74) is 2.81. The predicted octanol–water partition coefficient (Wildman–Crippen LogP) is 0.379. The first-order chi connectivity index (χ1) is 5.42. The van der Waals surface area contributed by atoms with Gasteiger partial charge in [0.2, 0.25) is 0 Å². The van der Waals surface area contributed by atoms with E-state index in [-0.39, 0.29) is 0 Å². The fourth-order valence-electron chi connectivity index (χ4n) is 1.33. The highest BCUT2D eigenvalue weighted by molar-refractivity contribution is 5.31. The molecule has 3 heterocycles. The molecule has 11 heavy (non-hydrogen) atoms. The van der Waals surface area contributed by atoms with Crippen molar-refractivity contribution in [1.29, 1.82) is 0 Å². The molecule has 2 fully saturated rings. The van der Waals surface area contributed by atoms with Crippen LogP contribution in [-0.4, -0.2) is 25.4 Å². The Hall–Kier alpha value is -0.540. The van der Waals surface area contributed by atoms with Crippen molar-refractivity contribution in [2.75, 3.05) is 13.2 Å². The van der Waals surface area contributed by atoms with Gasteiger partial charge in [0, 0.05) is 24.2 Å². The fraction of sp³-hybridized carbons (Fsp3) is 0.750. The monoisotopic (exact) mass is 153 g/mol. The summed E-state index contributed by atoms with van der Waals surface area (Å²) in [4.78, 5) is 0. The Balaban J connectivity index is 1.51. The first-order valence-electron chi connectivity index (χ1n) is 4.14. The van der Waals surface area contributed by atoms with Crippen LogP contribution in [0.5, 0.6) is 0 Å². The van der Waals surface area contributed by atoms with E-state index in [0.717, 1.165) is 26.1 Å². The third kappa shape index (κ3) is 1.39. The minimum absolute atomic E-state index is 0.523. The number of epoxide rings is 2. The van der Waals surface area contributed by atoms with Crippen molar-refractivity contribution in [2.24, 2.45) is 0 Å². The predicted molar refractivity (Wildman–Crippen MR) is 38.9 cm³/mol. The Labute approximate surface area is 65.4 Å². The maximum Gasteiger partial charge on any atom is 0.0865 e. The van der Waals surface area contributed by atoms with Crippen LogP contribution < -0.4 is 5.32 Å². The summed E-state index contributed by atoms with van der Waals surface area (Å²) >= 11 is 0. The molecule has 2 atom stereocenters. The molecular formula is C8H11NO2. The van der Waals surface area contributed by atoms with E-state index in [4.69, 9.17) is 9.47 Å². The first-order valence-corrected chi connectivity index (χ1v) is 4.14. The molecule has 2 unspecified atom stereocenters. The van der Waals surface area contributed by atoms with E-state index in [0.29, 0.717) is 12.2 Å². The fourth-order valence-corrected chi connectivity index (χ4v) is 1.33. The molecule has 3 heteroatoms. The maximum absolute atomic E-state index is 5.12. The van der Waals surface area contributed by atoms with Gasteiger partial charge in [-0.15, -0.1) is 0 Å². The topological polar surface area (TPSA) is 47.0 Å². The zero-order chi connectivity index (χ0) is 7.26. The van der Waals surface area contributed by atoms with Crippen molar-refractivity contribution >= 4 is 0 Å². The standard InChI is InChI=1S/C8H11NO2/c1(5-3-10-5)7-8(9-7)2-6-4-11-6/h5-6,9H,1-4H2. The molecule has 0 saturated carbocycles. The lowest BCUT2D eigenvalue weighted by Gasteiger charge is -1.79. The van der Waals surface area contributed by atoms with Gasteiger partial charge in [-0.3, -0.25) is 0 Å². The Morgan fingerprint density at radius 1 is 1.09 bits per heavy atom. The molecule has 0 bridgehead atoms. The van der Waals surface area contributed by atoms with E-state index in [1.807, 2.05) is 0 Å². The summed E-state index contributed by atoms with van der Waals surface area (Å²) in [6.07, 6.45) is 3.25. The van der Waals surface area contributed by atoms with Gasteiger partial charge in [-0.1, -0.05) is 0 Å². The quantitative estimate of drug-likeness (QED) is 0.594. The Morgan fingerprint density at radius 2 is 1.55 bits per heavy atom. The third-order valence-electron chi connectivity index (χ3n) is 2.27. The third-order valence-corrected chi connectivity index (χ3v) is 2.27. The molecule has 1 N–H and O–H groups in total. The number of nitrogens with one attached hydrogen (secondary N) is 1. The molecule has 0 aliphatic carbocycles. The molecule has 3 nitrogen and oxygen atoms in total. The van der Waals surface area contributed by atoms with Crippen LogP contribution in [0.15, 0.2) is 11.4 Å². The lowest BCUT2D eigenvalue weighted by molar-refractivity contribution is 0.406. The zero-order valence-electron chi connectivity index (χ0n) is 6.30. The highest BCUT2D eigenvalue weighted by Crippen LogP contribution is 2.31. The van der Waals surface area contributed by atoms with Crippen LogP contribution in [-0.2, 0) is 9.47 Å². The van der Waals surface area contributed by atoms with Crippen molar-refractivity contribution in [1.82, 2.24) is 5.32 Å². The van der Waals surface area contributed by atoms with E-state index in [1.54, 1.807) is 0 Å². The SMILES string of the molecule is C1OC1CC1=C(CC2CO2)N1. The van der Waals surface area contributed by atoms with Gasteiger partial charge in [0.1, 0.15) is 0 Å². The highest BCUT2D eigenvalue weighted by atomic mass is 16.6. The second kappa shape index (κ2) is 1.99. The van der Waals surface area contributed by atoms with Crippen molar-refractivity contribution in [3.63, 3.8) is 0 Å². The lowest BCUT2D eigenvalue weighted by atomic mass is 10.2. The smallest absolute Gasteiger partial charge is 0.0865 e. The van der Waals surface area contributed by atoms with E-state index in [2.05, 4.69) is 5.32 Å². The average Bonchev–Trinajstić information content (AvgIpc) is 2.76. The highest BCUT2D eigenvalue weighted by Gasteiger charge is 2.34. The summed E-state index contributed by atoms with van der Waals surface area (Å²) in [6, 6.07) is 0. The normalized spacial score (nSPS) is 38.5. The molecule has 3 rings (SSSR count). The van der Waals surface area contributed by atoms with E-state index >= 15 is 0 Å². The van der Waals surface area contributed by atoms with Crippen LogP contribution in [0.3, 0.4) is 0 Å². The number of hydrogen-bond donors (Lipinski definition) is 1. The van der Waals surface area contributed by atoms with E-state index in [1.165, 1.54) is 11.4 Å². The van der Waals surface area contributed by atoms with Crippen LogP contribution >= 0.6 is 0 Å². The minimum Gasteiger partial charge on any atom is -0.373 e. The van der Waals surface area contributed by atoms with Gasteiger partial charge < -0.3 is 14.8 Å². The van der Waals surface area contributed by atoms with Crippen molar-refractivity contribution in [3.05, 3.63) is 11.4 Å². The van der Waals surface area contributed by atoms with Crippen LogP contribution in [0.4, 0.5) is 0 Å². The molecule has 0 amide bonds. The summed E-state index contributed by atoms with van der Waals surface area (Å²) in [6.45, 7) is 1.91. The minimum atomic E-state index is 0.523. The second-order valence-electron chi connectivity index (χ2n) is 3.40. The zero-order valence-corrected chi connectivity index (χ0v) is 6.30. The lowest BCUT2D eigenvalue weighted by Crippen LogP contribution is -1.88. The first kappa shape index (κ1) is 6.03. The van der Waals surface area contributed by atoms with Crippen LogP contribution in [0, 0.1) is 0 Å². The van der Waals surface area contributed by atoms with E-state index in [9.17, 15) is 0 Å². The summed E-state index contributed by atoms with van der Waals surface area (Å²) < 4.78 is 10.2. The number of ether oxygens (including phenoxy) is 2. The molecule has 0 aromatic carbocycles. The largest absolute Gasteiger partial charge is 0.373 e. The molecule has 60 valence electrons. The van der Waals surface area contributed by atoms with Gasteiger partial charge in [-0.2, -0.15) is 0 Å². The molecule has 0 spiro atoms. The van der Waals surface area contributed by atoms with Crippen molar-refractivity contribution in [2.45, 2.75) is 25.0 Å². The van der Waals surface area contributed by atoms with Gasteiger partial charge in [-0.25, -0.2) is 0 Å². The van der Waals surface area contributed by atoms with Crippen LogP contribution in [0.25, 0.3) is 0 Å². The van der Waals surface area contributed by atoms with Gasteiger partial charge >= 0.3 is 0 Å². The number of hydrogen-bond acceptors (Lipinski definition) is 3. The molecule has 2 saturated heterocycles. The number of rotatable bonds is 4. The molecule has 3 aliphatic heterocycles. The summed E-state index contributed by atoms with van der Waals surface area (Å²) in [7, 11) is 0.